The smallest absolute Gasteiger partial charge is 0.398 e. The molecule has 36 heavy (non-hydrogen) atoms. The second-order valence-electron chi connectivity index (χ2n) is 8.14. The van der Waals surface area contributed by atoms with Crippen LogP contribution in [0.2, 0.25) is 0 Å². The number of benzene rings is 2. The summed E-state index contributed by atoms with van der Waals surface area (Å²) in [5.41, 5.74) is 5.92. The van der Waals surface area contributed by atoms with E-state index in [9.17, 15) is 22.8 Å². The average molecular weight is 500 g/mol. The highest BCUT2D eigenvalue weighted by Crippen LogP contribution is 2.31. The van der Waals surface area contributed by atoms with Gasteiger partial charge >= 0.3 is 6.18 Å². The molecular weight excluding hydrogens is 477 g/mol. The van der Waals surface area contributed by atoms with Crippen molar-refractivity contribution >= 4 is 29.0 Å². The molecule has 1 aliphatic heterocycles. The number of amides is 2. The maximum atomic E-state index is 13.4. The third kappa shape index (κ3) is 5.02. The Morgan fingerprint density at radius 3 is 2.61 bits per heavy atom. The molecule has 3 aromatic rings. The van der Waals surface area contributed by atoms with Crippen molar-refractivity contribution in [2.75, 3.05) is 23.9 Å². The summed E-state index contributed by atoms with van der Waals surface area (Å²) < 4.78 is 41.1. The molecule has 2 heterocycles. The first kappa shape index (κ1) is 24.8. The van der Waals surface area contributed by atoms with Gasteiger partial charge in [-0.05, 0) is 55.3 Å². The lowest BCUT2D eigenvalue weighted by Gasteiger charge is -2.21. The van der Waals surface area contributed by atoms with Crippen molar-refractivity contribution in [3.63, 3.8) is 0 Å². The Bertz CT molecular complexity index is 1350. The Morgan fingerprint density at radius 1 is 1.17 bits per heavy atom. The molecule has 188 valence electrons. The lowest BCUT2D eigenvalue weighted by molar-refractivity contribution is -0.141. The summed E-state index contributed by atoms with van der Waals surface area (Å²) in [6, 6.07) is 11.4. The Kier molecular flexibility index (Phi) is 6.69. The Morgan fingerprint density at radius 2 is 1.94 bits per heavy atom. The van der Waals surface area contributed by atoms with Crippen molar-refractivity contribution in [3.8, 4) is 5.69 Å². The zero-order valence-electron chi connectivity index (χ0n) is 19.5. The number of oxime groups is 1. The molecule has 3 N–H and O–H groups in total. The van der Waals surface area contributed by atoms with Crippen LogP contribution in [-0.4, -0.2) is 41.1 Å². The summed E-state index contributed by atoms with van der Waals surface area (Å²) in [6.07, 6.45) is -3.09. The van der Waals surface area contributed by atoms with Crippen molar-refractivity contribution in [1.29, 1.82) is 0 Å². The average Bonchev–Trinajstić information content (AvgIpc) is 3.47. The van der Waals surface area contributed by atoms with Gasteiger partial charge in [-0.25, -0.2) is 4.68 Å². The molecule has 0 radical (unpaired) electrons. The molecule has 0 spiro atoms. The molecule has 1 aliphatic rings. The number of anilines is 2. The number of carbonyl (C=O) groups excluding carboxylic acids is 2. The minimum atomic E-state index is -4.78. The lowest BCUT2D eigenvalue weighted by Crippen LogP contribution is -2.25. The van der Waals surface area contributed by atoms with E-state index in [-0.39, 0.29) is 16.9 Å². The van der Waals surface area contributed by atoms with Gasteiger partial charge in [-0.15, -0.1) is 0 Å². The molecule has 12 heteroatoms. The van der Waals surface area contributed by atoms with Gasteiger partial charge in [0.25, 0.3) is 5.91 Å². The predicted molar refractivity (Wildman–Crippen MR) is 127 cm³/mol. The van der Waals surface area contributed by atoms with E-state index in [0.29, 0.717) is 11.8 Å². The maximum absolute atomic E-state index is 13.4. The van der Waals surface area contributed by atoms with E-state index >= 15 is 0 Å². The number of hydrogen-bond donors (Lipinski definition) is 2. The van der Waals surface area contributed by atoms with Gasteiger partial charge in [0.15, 0.2) is 5.69 Å². The summed E-state index contributed by atoms with van der Waals surface area (Å²) in [5, 5.41) is 10.3. The third-order valence-electron chi connectivity index (χ3n) is 5.64. The molecule has 0 saturated carbocycles. The number of aryl methyl sites for hydroxylation is 1. The number of primary amides is 1. The molecule has 4 rings (SSSR count). The molecule has 0 atom stereocenters. The van der Waals surface area contributed by atoms with Crippen LogP contribution in [0.3, 0.4) is 0 Å². The fourth-order valence-electron chi connectivity index (χ4n) is 4.02. The van der Waals surface area contributed by atoms with E-state index in [1.807, 2.05) is 11.8 Å². The molecule has 0 unspecified atom stereocenters. The van der Waals surface area contributed by atoms with Crippen LogP contribution in [0.4, 0.5) is 24.5 Å². The fourth-order valence-corrected chi connectivity index (χ4v) is 4.02. The highest BCUT2D eigenvalue weighted by molar-refractivity contribution is 6.04. The number of aromatic nitrogens is 2. The minimum absolute atomic E-state index is 0.0624. The number of halogens is 3. The number of amidine groups is 1. The van der Waals surface area contributed by atoms with Crippen LogP contribution in [0.5, 0.6) is 0 Å². The standard InChI is InChI=1S/C24H23F3N6O3/c1-14-11-16(8-9-18(14)32-10-4-7-21(32)31-36-2)29-23(35)19-13-20(24(25,26)27)30-33(19)17-6-3-5-15(12-17)22(28)34/h3,5-6,8-9,11-13H,4,7,10H2,1-2H3,(H2,28,34)(H,29,35). The van der Waals surface area contributed by atoms with Gasteiger partial charge in [-0.3, -0.25) is 9.59 Å². The maximum Gasteiger partial charge on any atom is 0.435 e. The van der Waals surface area contributed by atoms with Gasteiger partial charge in [0, 0.05) is 36.0 Å². The zero-order valence-corrected chi connectivity index (χ0v) is 19.5. The van der Waals surface area contributed by atoms with Crippen LogP contribution in [-0.2, 0) is 11.0 Å². The number of nitrogens with two attached hydrogens (primary N) is 1. The van der Waals surface area contributed by atoms with E-state index in [2.05, 4.69) is 15.6 Å². The van der Waals surface area contributed by atoms with Crippen LogP contribution in [0.25, 0.3) is 5.69 Å². The minimum Gasteiger partial charge on any atom is -0.398 e. The van der Waals surface area contributed by atoms with Crippen LogP contribution in [0, 0.1) is 6.92 Å². The van der Waals surface area contributed by atoms with Gasteiger partial charge in [0.2, 0.25) is 5.91 Å². The van der Waals surface area contributed by atoms with E-state index in [0.717, 1.165) is 41.2 Å². The number of alkyl halides is 3. The molecule has 0 bridgehead atoms. The Labute approximate surface area is 204 Å². The summed E-state index contributed by atoms with van der Waals surface area (Å²) in [4.78, 5) is 31.5. The van der Waals surface area contributed by atoms with Crippen molar-refractivity contribution < 1.29 is 27.6 Å². The molecule has 1 saturated heterocycles. The van der Waals surface area contributed by atoms with Gasteiger partial charge in [0.1, 0.15) is 18.6 Å². The highest BCUT2D eigenvalue weighted by Gasteiger charge is 2.36. The molecule has 2 aromatic carbocycles. The topological polar surface area (TPSA) is 115 Å². The first-order valence-corrected chi connectivity index (χ1v) is 11.0. The highest BCUT2D eigenvalue weighted by atomic mass is 19.4. The first-order valence-electron chi connectivity index (χ1n) is 11.0. The second-order valence-corrected chi connectivity index (χ2v) is 8.14. The Balaban J connectivity index is 1.65. The van der Waals surface area contributed by atoms with E-state index in [1.54, 1.807) is 18.2 Å². The quantitative estimate of drug-likeness (QED) is 0.495. The number of carbonyl (C=O) groups is 2. The summed E-state index contributed by atoms with van der Waals surface area (Å²) in [5.74, 6) is -0.782. The Hall–Kier alpha value is -4.35. The summed E-state index contributed by atoms with van der Waals surface area (Å²) >= 11 is 0. The summed E-state index contributed by atoms with van der Waals surface area (Å²) in [6.45, 7) is 2.62. The molecule has 0 aliphatic carbocycles. The molecule has 1 aromatic heterocycles. The molecule has 9 nitrogen and oxygen atoms in total. The van der Waals surface area contributed by atoms with Gasteiger partial charge in [0.05, 0.1) is 5.69 Å². The van der Waals surface area contributed by atoms with Crippen molar-refractivity contribution in [1.82, 2.24) is 9.78 Å². The molecular formula is C24H23F3N6O3. The fraction of sp³-hybridized carbons (Fsp3) is 0.250. The van der Waals surface area contributed by atoms with E-state index in [4.69, 9.17) is 10.6 Å². The van der Waals surface area contributed by atoms with Crippen LogP contribution >= 0.6 is 0 Å². The number of nitrogens with zero attached hydrogens (tertiary/aromatic N) is 4. The SMILES string of the molecule is CON=C1CCCN1c1ccc(NC(=O)c2cc(C(F)(F)F)nn2-c2cccc(C(N)=O)c2)cc1C. The van der Waals surface area contributed by atoms with Gasteiger partial charge < -0.3 is 20.8 Å². The summed E-state index contributed by atoms with van der Waals surface area (Å²) in [7, 11) is 1.48. The van der Waals surface area contributed by atoms with Gasteiger partial charge in [-0.1, -0.05) is 11.2 Å². The van der Waals surface area contributed by atoms with Crippen LogP contribution < -0.4 is 16.0 Å². The first-order chi connectivity index (χ1) is 17.1. The normalized spacial score (nSPS) is 14.8. The van der Waals surface area contributed by atoms with Crippen LogP contribution in [0.1, 0.15) is 44.9 Å². The number of nitrogens with one attached hydrogen (secondary N) is 1. The zero-order chi connectivity index (χ0) is 26.0. The van der Waals surface area contributed by atoms with Crippen molar-refractivity contribution in [2.45, 2.75) is 25.9 Å². The number of hydrogen-bond acceptors (Lipinski definition) is 5. The largest absolute Gasteiger partial charge is 0.435 e. The van der Waals surface area contributed by atoms with Gasteiger partial charge in [-0.2, -0.15) is 18.3 Å². The van der Waals surface area contributed by atoms with E-state index < -0.39 is 23.7 Å². The lowest BCUT2D eigenvalue weighted by atomic mass is 10.1. The number of rotatable bonds is 6. The predicted octanol–water partition coefficient (Wildman–Crippen LogP) is 4.11. The van der Waals surface area contributed by atoms with E-state index in [1.165, 1.54) is 31.4 Å². The third-order valence-corrected chi connectivity index (χ3v) is 5.64. The van der Waals surface area contributed by atoms with Crippen molar-refractivity contribution in [3.05, 3.63) is 71.0 Å². The molecule has 2 amide bonds. The van der Waals surface area contributed by atoms with Crippen molar-refractivity contribution in [2.24, 2.45) is 10.9 Å². The molecule has 1 fully saturated rings. The van der Waals surface area contributed by atoms with Crippen LogP contribution in [0.15, 0.2) is 53.7 Å². The monoisotopic (exact) mass is 500 g/mol. The second kappa shape index (κ2) is 9.72.